The molecule has 164 valence electrons. The minimum atomic E-state index is -1.13. The normalized spacial score (nSPS) is 12.1. The number of carbonyl (C=O) groups excluding carboxylic acids is 1. The van der Waals surface area contributed by atoms with Gasteiger partial charge in [0.15, 0.2) is 11.2 Å². The molecular formula is C22H18Cl2N4O4. The molecule has 0 saturated heterocycles. The first-order chi connectivity index (χ1) is 15.3. The van der Waals surface area contributed by atoms with Crippen molar-refractivity contribution < 1.29 is 9.53 Å². The van der Waals surface area contributed by atoms with Gasteiger partial charge in [0, 0.05) is 16.3 Å². The van der Waals surface area contributed by atoms with Crippen LogP contribution in [0.25, 0.3) is 28.2 Å². The van der Waals surface area contributed by atoms with E-state index in [2.05, 4.69) is 9.97 Å². The number of nitrogens with one attached hydrogen (secondary N) is 1. The molecule has 4 aromatic rings. The highest BCUT2D eigenvalue weighted by Crippen LogP contribution is 2.31. The summed E-state index contributed by atoms with van der Waals surface area (Å²) < 4.78 is 7.40. The van der Waals surface area contributed by atoms with E-state index in [4.69, 9.17) is 27.9 Å². The highest BCUT2D eigenvalue weighted by Gasteiger charge is 2.26. The summed E-state index contributed by atoms with van der Waals surface area (Å²) in [7, 11) is 0. The van der Waals surface area contributed by atoms with Crippen molar-refractivity contribution in [2.75, 3.05) is 6.61 Å². The molecule has 2 aromatic carbocycles. The maximum Gasteiger partial charge on any atom is 0.330 e. The highest BCUT2D eigenvalue weighted by atomic mass is 35.5. The average Bonchev–Trinajstić information content (AvgIpc) is 3.14. The van der Waals surface area contributed by atoms with Gasteiger partial charge < -0.3 is 4.74 Å². The Morgan fingerprint density at radius 2 is 1.81 bits per heavy atom. The molecule has 2 heterocycles. The SMILES string of the molecule is CCOC(=O)C(C)n1c(=O)[nH]c2nc(-c3ccccc3Cl)n(-c3ccc(Cl)cc3)c2c1=O. The molecule has 1 unspecified atom stereocenters. The van der Waals surface area contributed by atoms with Gasteiger partial charge in [0.05, 0.1) is 11.6 Å². The minimum Gasteiger partial charge on any atom is -0.464 e. The topological polar surface area (TPSA) is 99.0 Å². The van der Waals surface area contributed by atoms with E-state index in [1.165, 1.54) is 6.92 Å². The predicted molar refractivity (Wildman–Crippen MR) is 123 cm³/mol. The summed E-state index contributed by atoms with van der Waals surface area (Å²) in [6, 6.07) is 12.7. The first-order valence-corrected chi connectivity index (χ1v) is 10.5. The zero-order valence-corrected chi connectivity index (χ0v) is 18.6. The molecule has 0 aliphatic heterocycles. The van der Waals surface area contributed by atoms with Crippen LogP contribution in [0, 0.1) is 0 Å². The Morgan fingerprint density at radius 3 is 2.47 bits per heavy atom. The van der Waals surface area contributed by atoms with E-state index >= 15 is 0 Å². The number of halogens is 2. The largest absolute Gasteiger partial charge is 0.464 e. The van der Waals surface area contributed by atoms with Crippen LogP contribution in [0.4, 0.5) is 0 Å². The number of imidazole rings is 1. The number of aromatic amines is 1. The number of nitrogens with zero attached hydrogens (tertiary/aromatic N) is 3. The second-order valence-corrected chi connectivity index (χ2v) is 7.80. The summed E-state index contributed by atoms with van der Waals surface area (Å²) in [5, 5.41) is 0.930. The lowest BCUT2D eigenvalue weighted by Crippen LogP contribution is -2.40. The van der Waals surface area contributed by atoms with Crippen molar-refractivity contribution in [1.82, 2.24) is 19.1 Å². The highest BCUT2D eigenvalue weighted by molar-refractivity contribution is 6.33. The van der Waals surface area contributed by atoms with Gasteiger partial charge in [-0.25, -0.2) is 19.1 Å². The minimum absolute atomic E-state index is 0.0668. The Bertz CT molecular complexity index is 1440. The fourth-order valence-electron chi connectivity index (χ4n) is 3.46. The maximum absolute atomic E-state index is 13.5. The third-order valence-corrected chi connectivity index (χ3v) is 5.54. The predicted octanol–water partition coefficient (Wildman–Crippen LogP) is 3.97. The van der Waals surface area contributed by atoms with Gasteiger partial charge >= 0.3 is 11.7 Å². The molecule has 10 heteroatoms. The van der Waals surface area contributed by atoms with Crippen molar-refractivity contribution in [2.24, 2.45) is 0 Å². The van der Waals surface area contributed by atoms with E-state index in [1.807, 2.05) is 0 Å². The van der Waals surface area contributed by atoms with Crippen LogP contribution >= 0.6 is 23.2 Å². The molecule has 0 bridgehead atoms. The van der Waals surface area contributed by atoms with Crippen molar-refractivity contribution in [3.05, 3.63) is 79.4 Å². The molecule has 32 heavy (non-hydrogen) atoms. The van der Waals surface area contributed by atoms with Gasteiger partial charge in [-0.15, -0.1) is 0 Å². The standard InChI is InChI=1S/C22H18Cl2N4O4/c1-3-32-21(30)12(2)27-20(29)17-18(26-22(27)31)25-19(15-6-4-5-7-16(15)24)28(17)14-10-8-13(23)9-11-14/h4-12H,3H2,1-2H3,(H,26,31). The Kier molecular flexibility index (Phi) is 5.90. The fourth-order valence-corrected chi connectivity index (χ4v) is 3.80. The van der Waals surface area contributed by atoms with Gasteiger partial charge in [-0.2, -0.15) is 0 Å². The summed E-state index contributed by atoms with van der Waals surface area (Å²) in [6.07, 6.45) is 0. The lowest BCUT2D eigenvalue weighted by atomic mass is 10.2. The summed E-state index contributed by atoms with van der Waals surface area (Å²) in [4.78, 5) is 45.6. The van der Waals surface area contributed by atoms with Gasteiger partial charge in [-0.1, -0.05) is 35.3 Å². The Labute approximate surface area is 192 Å². The van der Waals surface area contributed by atoms with Crippen molar-refractivity contribution in [2.45, 2.75) is 19.9 Å². The van der Waals surface area contributed by atoms with E-state index in [0.717, 1.165) is 4.57 Å². The van der Waals surface area contributed by atoms with Crippen molar-refractivity contribution in [3.63, 3.8) is 0 Å². The van der Waals surface area contributed by atoms with Crippen LogP contribution < -0.4 is 11.2 Å². The summed E-state index contributed by atoms with van der Waals surface area (Å²) in [6.45, 7) is 3.20. The number of esters is 1. The molecule has 0 spiro atoms. The Hall–Kier alpha value is -3.36. The van der Waals surface area contributed by atoms with Crippen LogP contribution in [0.3, 0.4) is 0 Å². The fraction of sp³-hybridized carbons (Fsp3) is 0.182. The quantitative estimate of drug-likeness (QED) is 0.443. The lowest BCUT2D eigenvalue weighted by molar-refractivity contribution is -0.146. The van der Waals surface area contributed by atoms with Gasteiger partial charge in [-0.05, 0) is 50.2 Å². The molecule has 8 nitrogen and oxygen atoms in total. The number of rotatable bonds is 5. The van der Waals surface area contributed by atoms with Crippen LogP contribution in [0.15, 0.2) is 58.1 Å². The third kappa shape index (κ3) is 3.72. The van der Waals surface area contributed by atoms with Gasteiger partial charge in [0.2, 0.25) is 0 Å². The van der Waals surface area contributed by atoms with Crippen LogP contribution in [0.5, 0.6) is 0 Å². The number of fused-ring (bicyclic) bond motifs is 1. The summed E-state index contributed by atoms with van der Waals surface area (Å²) in [5.74, 6) is -0.342. The molecule has 0 radical (unpaired) electrons. The molecule has 0 saturated carbocycles. The number of carbonyl (C=O) groups is 1. The number of ether oxygens (including phenoxy) is 1. The Morgan fingerprint density at radius 1 is 1.12 bits per heavy atom. The molecule has 2 aromatic heterocycles. The van der Waals surface area contributed by atoms with Gasteiger partial charge in [0.25, 0.3) is 5.56 Å². The van der Waals surface area contributed by atoms with Gasteiger partial charge in [0.1, 0.15) is 11.9 Å². The zero-order chi connectivity index (χ0) is 23.0. The lowest BCUT2D eigenvalue weighted by Gasteiger charge is -2.14. The van der Waals surface area contributed by atoms with E-state index in [0.29, 0.717) is 27.1 Å². The van der Waals surface area contributed by atoms with Crippen LogP contribution in [-0.4, -0.2) is 31.7 Å². The number of H-pyrrole nitrogens is 1. The number of benzene rings is 2. The molecule has 1 atom stereocenters. The average molecular weight is 473 g/mol. The second-order valence-electron chi connectivity index (χ2n) is 6.96. The first-order valence-electron chi connectivity index (χ1n) is 9.78. The smallest absolute Gasteiger partial charge is 0.330 e. The molecule has 4 rings (SSSR count). The maximum atomic E-state index is 13.5. The van der Waals surface area contributed by atoms with E-state index in [1.54, 1.807) is 60.0 Å². The van der Waals surface area contributed by atoms with Crippen LogP contribution in [0.2, 0.25) is 10.0 Å². The first kappa shape index (κ1) is 21.9. The van der Waals surface area contributed by atoms with E-state index < -0.39 is 23.3 Å². The summed E-state index contributed by atoms with van der Waals surface area (Å²) >= 11 is 12.5. The van der Waals surface area contributed by atoms with Crippen LogP contribution in [-0.2, 0) is 9.53 Å². The third-order valence-electron chi connectivity index (χ3n) is 4.96. The van der Waals surface area contributed by atoms with E-state index in [-0.39, 0.29) is 17.8 Å². The molecule has 0 fully saturated rings. The molecule has 0 amide bonds. The zero-order valence-electron chi connectivity index (χ0n) is 17.1. The molecule has 0 aliphatic carbocycles. The van der Waals surface area contributed by atoms with E-state index in [9.17, 15) is 14.4 Å². The molecule has 0 aliphatic rings. The number of hydrogen-bond acceptors (Lipinski definition) is 5. The second kappa shape index (κ2) is 8.64. The van der Waals surface area contributed by atoms with Crippen molar-refractivity contribution in [1.29, 1.82) is 0 Å². The number of aromatic nitrogens is 4. The van der Waals surface area contributed by atoms with Crippen molar-refractivity contribution >= 4 is 40.3 Å². The van der Waals surface area contributed by atoms with Crippen molar-refractivity contribution in [3.8, 4) is 17.1 Å². The Balaban J connectivity index is 2.09. The summed E-state index contributed by atoms with van der Waals surface area (Å²) in [5.41, 5.74) is -0.174. The number of hydrogen-bond donors (Lipinski definition) is 1. The monoisotopic (exact) mass is 472 g/mol. The molecule has 1 N–H and O–H groups in total. The molecular weight excluding hydrogens is 455 g/mol. The van der Waals surface area contributed by atoms with Gasteiger partial charge in [-0.3, -0.25) is 14.3 Å². The van der Waals surface area contributed by atoms with Crippen LogP contribution in [0.1, 0.15) is 19.9 Å².